The van der Waals surface area contributed by atoms with Crippen molar-refractivity contribution in [1.29, 1.82) is 0 Å². The molecule has 37 heavy (non-hydrogen) atoms. The molecule has 2 aromatic carbocycles. The Kier molecular flexibility index (Phi) is 7.05. The summed E-state index contributed by atoms with van der Waals surface area (Å²) in [5.41, 5.74) is 2.95. The third-order valence-electron chi connectivity index (χ3n) is 7.51. The Bertz CT molecular complexity index is 1170. The van der Waals surface area contributed by atoms with Gasteiger partial charge in [0.05, 0.1) is 12.3 Å². The van der Waals surface area contributed by atoms with E-state index in [4.69, 9.17) is 14.7 Å². The van der Waals surface area contributed by atoms with Gasteiger partial charge in [-0.25, -0.2) is 9.37 Å². The second-order valence-corrected chi connectivity index (χ2v) is 9.75. The Morgan fingerprint density at radius 3 is 2.19 bits per heavy atom. The zero-order valence-electron chi connectivity index (χ0n) is 21.1. The van der Waals surface area contributed by atoms with Crippen LogP contribution in [0.4, 0.5) is 27.5 Å². The van der Waals surface area contributed by atoms with E-state index in [-0.39, 0.29) is 11.9 Å². The van der Waals surface area contributed by atoms with Crippen molar-refractivity contribution in [1.82, 2.24) is 15.3 Å². The molecule has 4 heterocycles. The van der Waals surface area contributed by atoms with Crippen molar-refractivity contribution < 1.29 is 9.13 Å². The van der Waals surface area contributed by atoms with Crippen molar-refractivity contribution in [3.8, 4) is 0 Å². The van der Waals surface area contributed by atoms with E-state index >= 15 is 0 Å². The van der Waals surface area contributed by atoms with Crippen molar-refractivity contribution in [3.05, 3.63) is 72.2 Å². The molecule has 8 nitrogen and oxygen atoms in total. The molecule has 3 saturated heterocycles. The Hall–Kier alpha value is -3.43. The van der Waals surface area contributed by atoms with Crippen molar-refractivity contribution in [2.75, 3.05) is 91.7 Å². The van der Waals surface area contributed by atoms with Crippen LogP contribution in [0.2, 0.25) is 0 Å². The highest BCUT2D eigenvalue weighted by Gasteiger charge is 2.29. The number of hydrogen-bond donors (Lipinski definition) is 1. The molecule has 0 radical (unpaired) electrons. The predicted molar refractivity (Wildman–Crippen MR) is 145 cm³/mol. The van der Waals surface area contributed by atoms with Crippen LogP contribution in [0.5, 0.6) is 0 Å². The lowest BCUT2D eigenvalue weighted by Crippen LogP contribution is -2.49. The first-order chi connectivity index (χ1) is 18.3. The Balaban J connectivity index is 1.20. The summed E-state index contributed by atoms with van der Waals surface area (Å²) in [6.07, 6.45) is 1.89. The number of rotatable bonds is 5. The first-order valence-electron chi connectivity index (χ1n) is 13.2. The molecule has 0 spiro atoms. The van der Waals surface area contributed by atoms with E-state index in [0.29, 0.717) is 12.3 Å². The average molecular weight is 504 g/mol. The fourth-order valence-electron chi connectivity index (χ4n) is 5.44. The van der Waals surface area contributed by atoms with Gasteiger partial charge in [0.25, 0.3) is 0 Å². The van der Waals surface area contributed by atoms with Crippen LogP contribution in [0.15, 0.2) is 60.8 Å². The van der Waals surface area contributed by atoms with Gasteiger partial charge in [0.15, 0.2) is 0 Å². The quantitative estimate of drug-likeness (QED) is 0.571. The van der Waals surface area contributed by atoms with Crippen molar-refractivity contribution >= 4 is 23.1 Å². The van der Waals surface area contributed by atoms with E-state index in [2.05, 4.69) is 55.2 Å². The maximum Gasteiger partial charge on any atom is 0.227 e. The molecule has 3 aliphatic heterocycles. The Morgan fingerprint density at radius 2 is 1.46 bits per heavy atom. The molecule has 0 saturated carbocycles. The second kappa shape index (κ2) is 10.9. The number of para-hydroxylation sites is 2. The SMILES string of the molecule is Fc1ccccc1N1CCN(c2nc(N3CCN(c4ccccc4)CC3)ncc2C2CNCCO2)CC1. The zero-order chi connectivity index (χ0) is 25.0. The van der Waals surface area contributed by atoms with E-state index < -0.39 is 0 Å². The number of ether oxygens (including phenoxy) is 1. The van der Waals surface area contributed by atoms with Crippen molar-refractivity contribution in [2.45, 2.75) is 6.10 Å². The van der Waals surface area contributed by atoms with Crippen LogP contribution in [-0.4, -0.2) is 82.0 Å². The maximum atomic E-state index is 14.4. The summed E-state index contributed by atoms with van der Waals surface area (Å²) in [4.78, 5) is 19.1. The van der Waals surface area contributed by atoms with E-state index in [1.54, 1.807) is 6.07 Å². The Morgan fingerprint density at radius 1 is 0.784 bits per heavy atom. The molecule has 0 aliphatic carbocycles. The maximum absolute atomic E-state index is 14.4. The van der Waals surface area contributed by atoms with Gasteiger partial charge in [-0.15, -0.1) is 0 Å². The summed E-state index contributed by atoms with van der Waals surface area (Å²) >= 11 is 0. The van der Waals surface area contributed by atoms with Gasteiger partial charge in [0.1, 0.15) is 17.7 Å². The highest BCUT2D eigenvalue weighted by atomic mass is 19.1. The van der Waals surface area contributed by atoms with Gasteiger partial charge in [-0.2, -0.15) is 4.98 Å². The molecule has 3 aromatic rings. The van der Waals surface area contributed by atoms with Crippen molar-refractivity contribution in [3.63, 3.8) is 0 Å². The lowest BCUT2D eigenvalue weighted by molar-refractivity contribution is 0.0275. The van der Waals surface area contributed by atoms with E-state index in [9.17, 15) is 4.39 Å². The van der Waals surface area contributed by atoms with Crippen molar-refractivity contribution in [2.24, 2.45) is 0 Å². The summed E-state index contributed by atoms with van der Waals surface area (Å²) in [6, 6.07) is 17.6. The molecule has 9 heteroatoms. The monoisotopic (exact) mass is 503 g/mol. The molecule has 0 bridgehead atoms. The molecule has 1 aromatic heterocycles. The lowest BCUT2D eigenvalue weighted by atomic mass is 10.1. The lowest BCUT2D eigenvalue weighted by Gasteiger charge is -2.39. The molecular formula is C28H34FN7O. The summed E-state index contributed by atoms with van der Waals surface area (Å²) in [5, 5.41) is 3.43. The van der Waals surface area contributed by atoms with E-state index in [0.717, 1.165) is 82.8 Å². The van der Waals surface area contributed by atoms with Crippen LogP contribution in [0.25, 0.3) is 0 Å². The van der Waals surface area contributed by atoms with Crippen LogP contribution in [0.1, 0.15) is 11.7 Å². The fraction of sp³-hybridized carbons (Fsp3) is 0.429. The smallest absolute Gasteiger partial charge is 0.227 e. The van der Waals surface area contributed by atoms with Crippen LogP contribution >= 0.6 is 0 Å². The van der Waals surface area contributed by atoms with Gasteiger partial charge in [-0.1, -0.05) is 30.3 Å². The number of morpholine rings is 1. The molecule has 0 amide bonds. The second-order valence-electron chi connectivity index (χ2n) is 9.75. The molecule has 3 aliphatic rings. The molecule has 1 atom stereocenters. The summed E-state index contributed by atoms with van der Waals surface area (Å²) in [6.45, 7) is 8.89. The summed E-state index contributed by atoms with van der Waals surface area (Å²) < 4.78 is 20.5. The van der Waals surface area contributed by atoms with Gasteiger partial charge >= 0.3 is 0 Å². The predicted octanol–water partition coefficient (Wildman–Crippen LogP) is 2.93. The number of piperazine rings is 2. The fourth-order valence-corrected chi connectivity index (χ4v) is 5.44. The highest BCUT2D eigenvalue weighted by Crippen LogP contribution is 2.31. The van der Waals surface area contributed by atoms with Gasteiger partial charge < -0.3 is 29.7 Å². The first-order valence-corrected chi connectivity index (χ1v) is 13.2. The highest BCUT2D eigenvalue weighted by molar-refractivity contribution is 5.55. The molecule has 194 valence electrons. The molecule has 3 fully saturated rings. The number of nitrogens with zero attached hydrogens (tertiary/aromatic N) is 6. The largest absolute Gasteiger partial charge is 0.371 e. The van der Waals surface area contributed by atoms with Gasteiger partial charge in [0.2, 0.25) is 5.95 Å². The van der Waals surface area contributed by atoms with Gasteiger partial charge in [-0.3, -0.25) is 0 Å². The third-order valence-corrected chi connectivity index (χ3v) is 7.51. The number of benzene rings is 2. The molecular weight excluding hydrogens is 469 g/mol. The minimum absolute atomic E-state index is 0.0719. The molecule has 1 unspecified atom stereocenters. The number of halogens is 1. The Labute approximate surface area is 217 Å². The molecule has 6 rings (SSSR count). The first kappa shape index (κ1) is 23.9. The summed E-state index contributed by atoms with van der Waals surface area (Å²) in [7, 11) is 0. The number of hydrogen-bond acceptors (Lipinski definition) is 8. The zero-order valence-corrected chi connectivity index (χ0v) is 21.1. The number of nitrogens with one attached hydrogen (secondary N) is 1. The van der Waals surface area contributed by atoms with Crippen LogP contribution in [-0.2, 0) is 4.74 Å². The minimum Gasteiger partial charge on any atom is -0.371 e. The average Bonchev–Trinajstić information content (AvgIpc) is 2.98. The van der Waals surface area contributed by atoms with Crippen LogP contribution in [0, 0.1) is 5.82 Å². The van der Waals surface area contributed by atoms with Gasteiger partial charge in [-0.05, 0) is 24.3 Å². The molecule has 1 N–H and O–H groups in total. The number of aromatic nitrogens is 2. The van der Waals surface area contributed by atoms with E-state index in [1.165, 1.54) is 11.8 Å². The standard InChI is InChI=1S/C28H34FN7O/c29-24-8-4-5-9-25(24)34-13-15-35(16-14-34)27-23(26-21-30-10-19-37-26)20-31-28(32-27)36-17-11-33(12-18-36)22-6-2-1-3-7-22/h1-9,20,26,30H,10-19,21H2. The normalized spacial score (nSPS) is 20.8. The summed E-state index contributed by atoms with van der Waals surface area (Å²) in [5.74, 6) is 1.54. The van der Waals surface area contributed by atoms with E-state index in [1.807, 2.05) is 18.3 Å². The van der Waals surface area contributed by atoms with Crippen LogP contribution < -0.4 is 24.9 Å². The minimum atomic E-state index is -0.169. The van der Waals surface area contributed by atoms with Gasteiger partial charge in [0, 0.05) is 82.9 Å². The van der Waals surface area contributed by atoms with Crippen LogP contribution in [0.3, 0.4) is 0 Å². The number of anilines is 4. The topological polar surface area (TPSA) is 60.0 Å². The third kappa shape index (κ3) is 5.19.